The highest BCUT2D eigenvalue weighted by Crippen LogP contribution is 2.13. The molecule has 1 aromatic rings. The molecule has 1 fully saturated rings. The van der Waals surface area contributed by atoms with Gasteiger partial charge in [-0.15, -0.1) is 11.6 Å². The lowest BCUT2D eigenvalue weighted by atomic mass is 10.2. The van der Waals surface area contributed by atoms with Gasteiger partial charge in [-0.05, 0) is 19.1 Å². The summed E-state index contributed by atoms with van der Waals surface area (Å²) in [6, 6.07) is 10.3. The first-order valence-electron chi connectivity index (χ1n) is 6.39. The quantitative estimate of drug-likeness (QED) is 0.766. The predicted molar refractivity (Wildman–Crippen MR) is 73.4 cm³/mol. The zero-order valence-corrected chi connectivity index (χ0v) is 11.5. The Bertz CT molecular complexity index is 347. The molecule has 2 unspecified atom stereocenters. The molecule has 0 radical (unpaired) electrons. The van der Waals surface area contributed by atoms with E-state index in [0.29, 0.717) is 18.5 Å². The lowest BCUT2D eigenvalue weighted by Gasteiger charge is -2.37. The summed E-state index contributed by atoms with van der Waals surface area (Å²) in [5, 5.41) is 0. The van der Waals surface area contributed by atoms with Crippen molar-refractivity contribution in [3.63, 3.8) is 0 Å². The summed E-state index contributed by atoms with van der Waals surface area (Å²) in [5.41, 5.74) is 0. The molecule has 0 bridgehead atoms. The van der Waals surface area contributed by atoms with E-state index >= 15 is 0 Å². The van der Waals surface area contributed by atoms with Crippen molar-refractivity contribution in [2.75, 3.05) is 32.2 Å². The molecule has 0 amide bonds. The summed E-state index contributed by atoms with van der Waals surface area (Å²) in [6.45, 7) is 5.43. The molecule has 0 saturated carbocycles. The SMILES string of the molecule is CC1COC(CCl)CN1CCOc1ccccc1. The highest BCUT2D eigenvalue weighted by molar-refractivity contribution is 6.18. The summed E-state index contributed by atoms with van der Waals surface area (Å²) >= 11 is 5.84. The Labute approximate surface area is 114 Å². The normalized spacial score (nSPS) is 25.0. The maximum absolute atomic E-state index is 5.84. The minimum Gasteiger partial charge on any atom is -0.492 e. The van der Waals surface area contributed by atoms with Gasteiger partial charge in [0.05, 0.1) is 12.7 Å². The van der Waals surface area contributed by atoms with Gasteiger partial charge in [0.1, 0.15) is 12.4 Å². The first-order valence-corrected chi connectivity index (χ1v) is 6.92. The van der Waals surface area contributed by atoms with Crippen LogP contribution >= 0.6 is 11.6 Å². The van der Waals surface area contributed by atoms with Crippen LogP contribution in [0.1, 0.15) is 6.92 Å². The van der Waals surface area contributed by atoms with Crippen molar-refractivity contribution in [3.05, 3.63) is 30.3 Å². The fraction of sp³-hybridized carbons (Fsp3) is 0.571. The number of rotatable bonds is 5. The predicted octanol–water partition coefficient (Wildman–Crippen LogP) is 2.39. The largest absolute Gasteiger partial charge is 0.492 e. The van der Waals surface area contributed by atoms with E-state index in [1.165, 1.54) is 0 Å². The molecular weight excluding hydrogens is 250 g/mol. The molecule has 0 N–H and O–H groups in total. The second-order valence-corrected chi connectivity index (χ2v) is 4.92. The van der Waals surface area contributed by atoms with Gasteiger partial charge in [-0.25, -0.2) is 0 Å². The van der Waals surface area contributed by atoms with E-state index < -0.39 is 0 Å². The van der Waals surface area contributed by atoms with Crippen LogP contribution in [0.3, 0.4) is 0 Å². The third kappa shape index (κ3) is 3.87. The second kappa shape index (κ2) is 6.98. The molecule has 1 heterocycles. The number of halogens is 1. The van der Waals surface area contributed by atoms with Gasteiger partial charge in [0.25, 0.3) is 0 Å². The number of benzene rings is 1. The minimum absolute atomic E-state index is 0.152. The van der Waals surface area contributed by atoms with E-state index in [2.05, 4.69) is 11.8 Å². The van der Waals surface area contributed by atoms with Crippen molar-refractivity contribution in [2.45, 2.75) is 19.1 Å². The van der Waals surface area contributed by atoms with E-state index in [1.807, 2.05) is 30.3 Å². The highest BCUT2D eigenvalue weighted by Gasteiger charge is 2.25. The van der Waals surface area contributed by atoms with Crippen LogP contribution in [0.25, 0.3) is 0 Å². The van der Waals surface area contributed by atoms with Crippen LogP contribution in [0.2, 0.25) is 0 Å². The monoisotopic (exact) mass is 269 g/mol. The van der Waals surface area contributed by atoms with Gasteiger partial charge in [0.15, 0.2) is 0 Å². The van der Waals surface area contributed by atoms with Gasteiger partial charge in [-0.3, -0.25) is 4.90 Å². The first kappa shape index (κ1) is 13.7. The van der Waals surface area contributed by atoms with Crippen molar-refractivity contribution in [1.82, 2.24) is 4.90 Å². The fourth-order valence-corrected chi connectivity index (χ4v) is 2.26. The molecule has 0 spiro atoms. The highest BCUT2D eigenvalue weighted by atomic mass is 35.5. The number of morpholine rings is 1. The average molecular weight is 270 g/mol. The standard InChI is InChI=1S/C14H20ClNO2/c1-12-11-18-14(9-15)10-16(12)7-8-17-13-5-3-2-4-6-13/h2-6,12,14H,7-11H2,1H3. The molecule has 0 aromatic heterocycles. The van der Waals surface area contributed by atoms with Crippen LogP contribution in [0.4, 0.5) is 0 Å². The van der Waals surface area contributed by atoms with Crippen molar-refractivity contribution in [2.24, 2.45) is 0 Å². The molecule has 1 aliphatic rings. The zero-order valence-electron chi connectivity index (χ0n) is 10.7. The Kier molecular flexibility index (Phi) is 5.29. The molecule has 18 heavy (non-hydrogen) atoms. The van der Waals surface area contributed by atoms with Crippen molar-refractivity contribution in [1.29, 1.82) is 0 Å². The maximum Gasteiger partial charge on any atom is 0.119 e. The number of para-hydroxylation sites is 1. The molecule has 0 aliphatic carbocycles. The zero-order chi connectivity index (χ0) is 12.8. The number of alkyl halides is 1. The smallest absolute Gasteiger partial charge is 0.119 e. The summed E-state index contributed by atoms with van der Waals surface area (Å²) in [5.74, 6) is 1.48. The van der Waals surface area contributed by atoms with Gasteiger partial charge in [0.2, 0.25) is 0 Å². The summed E-state index contributed by atoms with van der Waals surface area (Å²) in [6.07, 6.45) is 0.152. The minimum atomic E-state index is 0.152. The van der Waals surface area contributed by atoms with E-state index in [0.717, 1.165) is 25.4 Å². The maximum atomic E-state index is 5.84. The molecule has 4 heteroatoms. The number of hydrogen-bond donors (Lipinski definition) is 0. The molecule has 1 aliphatic heterocycles. The van der Waals surface area contributed by atoms with E-state index in [-0.39, 0.29) is 6.10 Å². The molecule has 1 aromatic carbocycles. The molecular formula is C14H20ClNO2. The molecule has 1 saturated heterocycles. The van der Waals surface area contributed by atoms with E-state index in [4.69, 9.17) is 21.1 Å². The third-order valence-corrected chi connectivity index (χ3v) is 3.54. The van der Waals surface area contributed by atoms with Crippen LogP contribution in [-0.4, -0.2) is 49.2 Å². The Hall–Kier alpha value is -0.770. The van der Waals surface area contributed by atoms with Crippen LogP contribution < -0.4 is 4.74 Å². The second-order valence-electron chi connectivity index (χ2n) is 4.62. The van der Waals surface area contributed by atoms with Crippen LogP contribution in [0.15, 0.2) is 30.3 Å². The number of hydrogen-bond acceptors (Lipinski definition) is 3. The fourth-order valence-electron chi connectivity index (χ4n) is 2.08. The Morgan fingerprint density at radius 2 is 2.17 bits per heavy atom. The van der Waals surface area contributed by atoms with Gasteiger partial charge in [-0.2, -0.15) is 0 Å². The Morgan fingerprint density at radius 3 is 2.89 bits per heavy atom. The summed E-state index contributed by atoms with van der Waals surface area (Å²) in [4.78, 5) is 2.37. The lowest BCUT2D eigenvalue weighted by Crippen LogP contribution is -2.50. The Balaban J connectivity index is 1.75. The van der Waals surface area contributed by atoms with Crippen LogP contribution in [0, 0.1) is 0 Å². The van der Waals surface area contributed by atoms with Crippen LogP contribution in [-0.2, 0) is 4.74 Å². The van der Waals surface area contributed by atoms with E-state index in [1.54, 1.807) is 0 Å². The van der Waals surface area contributed by atoms with E-state index in [9.17, 15) is 0 Å². The van der Waals surface area contributed by atoms with Gasteiger partial charge < -0.3 is 9.47 Å². The third-order valence-electron chi connectivity index (χ3n) is 3.20. The van der Waals surface area contributed by atoms with Crippen molar-refractivity contribution in [3.8, 4) is 5.75 Å². The number of ether oxygens (including phenoxy) is 2. The van der Waals surface area contributed by atoms with Crippen LogP contribution in [0.5, 0.6) is 5.75 Å². The topological polar surface area (TPSA) is 21.7 Å². The van der Waals surface area contributed by atoms with Gasteiger partial charge >= 0.3 is 0 Å². The molecule has 2 atom stereocenters. The Morgan fingerprint density at radius 1 is 1.39 bits per heavy atom. The summed E-state index contributed by atoms with van der Waals surface area (Å²) < 4.78 is 11.3. The van der Waals surface area contributed by atoms with Crippen molar-refractivity contribution >= 4 is 11.6 Å². The first-order chi connectivity index (χ1) is 8.79. The average Bonchev–Trinajstić information content (AvgIpc) is 2.42. The van der Waals surface area contributed by atoms with Gasteiger partial charge in [0, 0.05) is 25.0 Å². The molecule has 100 valence electrons. The summed E-state index contributed by atoms with van der Waals surface area (Å²) in [7, 11) is 0. The lowest BCUT2D eigenvalue weighted by molar-refractivity contribution is -0.0506. The van der Waals surface area contributed by atoms with Gasteiger partial charge in [-0.1, -0.05) is 18.2 Å². The number of nitrogens with zero attached hydrogens (tertiary/aromatic N) is 1. The molecule has 2 rings (SSSR count). The molecule has 3 nitrogen and oxygen atoms in total. The van der Waals surface area contributed by atoms with Crippen molar-refractivity contribution < 1.29 is 9.47 Å².